The van der Waals surface area contributed by atoms with Crippen molar-refractivity contribution < 1.29 is 53.4 Å². The fourth-order valence-corrected chi connectivity index (χ4v) is 2.87. The summed E-state index contributed by atoms with van der Waals surface area (Å²) in [5, 5.41) is 0. The summed E-state index contributed by atoms with van der Waals surface area (Å²) in [5.41, 5.74) is -2.10. The standard InChI is InChI=1S/C22H12F10O2/c1-5-7(3)11(25)19(14(28)9(5)23)33-21-16(30)13(27)17(31)22(18(21)32)34-20-12(26)8(4)6(2)10(24)15(20)29/h1-4H3. The fourth-order valence-electron chi connectivity index (χ4n) is 2.87. The van der Waals surface area contributed by atoms with Crippen LogP contribution in [0.25, 0.3) is 0 Å². The fraction of sp³-hybridized carbons (Fsp3) is 0.182. The number of ether oxygens (including phenoxy) is 2. The Morgan fingerprint density at radius 2 is 0.529 bits per heavy atom. The average Bonchev–Trinajstić information content (AvgIpc) is 2.81. The third kappa shape index (κ3) is 3.70. The van der Waals surface area contributed by atoms with Gasteiger partial charge in [-0.2, -0.15) is 22.0 Å². The Hall–Kier alpha value is -3.44. The van der Waals surface area contributed by atoms with Gasteiger partial charge in [0.1, 0.15) is 0 Å². The molecule has 0 aliphatic carbocycles. The zero-order valence-corrected chi connectivity index (χ0v) is 17.6. The molecule has 182 valence electrons. The van der Waals surface area contributed by atoms with E-state index in [9.17, 15) is 43.9 Å². The predicted octanol–water partition coefficient (Wildman–Crippen LogP) is 7.90. The number of hydrogen-bond acceptors (Lipinski definition) is 2. The van der Waals surface area contributed by atoms with E-state index in [1.807, 2.05) is 0 Å². The van der Waals surface area contributed by atoms with Gasteiger partial charge in [0.2, 0.25) is 57.9 Å². The van der Waals surface area contributed by atoms with Crippen LogP contribution in [0.1, 0.15) is 22.3 Å². The molecule has 0 bridgehead atoms. The molecule has 0 aliphatic heterocycles. The van der Waals surface area contributed by atoms with E-state index < -0.39 is 103 Å². The van der Waals surface area contributed by atoms with Crippen LogP contribution in [0.4, 0.5) is 43.9 Å². The zero-order valence-electron chi connectivity index (χ0n) is 17.6. The van der Waals surface area contributed by atoms with Gasteiger partial charge in [-0.15, -0.1) is 0 Å². The van der Waals surface area contributed by atoms with Crippen LogP contribution in [0.2, 0.25) is 0 Å². The molecule has 0 saturated heterocycles. The molecule has 0 fully saturated rings. The molecule has 0 aliphatic rings. The maximum Gasteiger partial charge on any atom is 0.214 e. The van der Waals surface area contributed by atoms with Crippen LogP contribution in [-0.2, 0) is 0 Å². The lowest BCUT2D eigenvalue weighted by atomic mass is 10.1. The lowest BCUT2D eigenvalue weighted by Crippen LogP contribution is -2.09. The molecule has 0 N–H and O–H groups in total. The topological polar surface area (TPSA) is 18.5 Å². The largest absolute Gasteiger partial charge is 0.445 e. The number of hydrogen-bond donors (Lipinski definition) is 0. The van der Waals surface area contributed by atoms with Gasteiger partial charge in [-0.1, -0.05) is 0 Å². The van der Waals surface area contributed by atoms with Crippen LogP contribution < -0.4 is 9.47 Å². The maximum absolute atomic E-state index is 14.9. The third-order valence-corrected chi connectivity index (χ3v) is 5.22. The first-order valence-corrected chi connectivity index (χ1v) is 9.21. The third-order valence-electron chi connectivity index (χ3n) is 5.22. The highest BCUT2D eigenvalue weighted by Gasteiger charge is 2.33. The smallest absolute Gasteiger partial charge is 0.214 e. The molecule has 0 radical (unpaired) electrons. The quantitative estimate of drug-likeness (QED) is 0.207. The lowest BCUT2D eigenvalue weighted by Gasteiger charge is -2.17. The van der Waals surface area contributed by atoms with Crippen molar-refractivity contribution in [2.24, 2.45) is 0 Å². The molecule has 0 aromatic heterocycles. The second-order valence-corrected chi connectivity index (χ2v) is 7.16. The van der Waals surface area contributed by atoms with Crippen molar-refractivity contribution in [2.75, 3.05) is 0 Å². The first-order chi connectivity index (χ1) is 15.7. The summed E-state index contributed by atoms with van der Waals surface area (Å²) in [7, 11) is 0. The summed E-state index contributed by atoms with van der Waals surface area (Å²) in [4.78, 5) is 0. The van der Waals surface area contributed by atoms with E-state index in [1.165, 1.54) is 0 Å². The summed E-state index contributed by atoms with van der Waals surface area (Å²) in [6.45, 7) is 3.90. The Morgan fingerprint density at radius 1 is 0.294 bits per heavy atom. The molecule has 0 saturated carbocycles. The van der Waals surface area contributed by atoms with Crippen LogP contribution in [0.15, 0.2) is 0 Å². The molecule has 0 unspecified atom stereocenters. The maximum atomic E-state index is 14.9. The second kappa shape index (κ2) is 8.73. The molecular formula is C22H12F10O2. The minimum atomic E-state index is -2.54. The average molecular weight is 498 g/mol. The normalized spacial score (nSPS) is 11.2. The van der Waals surface area contributed by atoms with Gasteiger partial charge in [0, 0.05) is 0 Å². The molecule has 0 amide bonds. The molecule has 0 atom stereocenters. The van der Waals surface area contributed by atoms with E-state index in [2.05, 4.69) is 9.47 Å². The van der Waals surface area contributed by atoms with E-state index in [0.717, 1.165) is 27.7 Å². The van der Waals surface area contributed by atoms with E-state index in [0.29, 0.717) is 0 Å². The molecule has 12 heteroatoms. The van der Waals surface area contributed by atoms with E-state index in [-0.39, 0.29) is 0 Å². The number of benzene rings is 3. The van der Waals surface area contributed by atoms with Crippen LogP contribution in [-0.4, -0.2) is 0 Å². The van der Waals surface area contributed by atoms with E-state index >= 15 is 0 Å². The SMILES string of the molecule is Cc1c(C)c(F)c(Oc2c(F)c(F)c(F)c(Oc3c(F)c(C)c(C)c(F)c3F)c2F)c(F)c1F. The predicted molar refractivity (Wildman–Crippen MR) is 98.0 cm³/mol. The van der Waals surface area contributed by atoms with Crippen molar-refractivity contribution in [2.45, 2.75) is 27.7 Å². The van der Waals surface area contributed by atoms with Crippen LogP contribution in [0.3, 0.4) is 0 Å². The van der Waals surface area contributed by atoms with Gasteiger partial charge in [-0.25, -0.2) is 22.0 Å². The van der Waals surface area contributed by atoms with Crippen molar-refractivity contribution >= 4 is 0 Å². The van der Waals surface area contributed by atoms with Gasteiger partial charge in [0.25, 0.3) is 0 Å². The van der Waals surface area contributed by atoms with Crippen molar-refractivity contribution in [1.82, 2.24) is 0 Å². The van der Waals surface area contributed by atoms with Crippen LogP contribution in [0.5, 0.6) is 23.0 Å². The molecule has 3 rings (SSSR count). The Kier molecular flexibility index (Phi) is 6.47. The lowest BCUT2D eigenvalue weighted by molar-refractivity contribution is 0.302. The molecule has 3 aromatic rings. The summed E-state index contributed by atoms with van der Waals surface area (Å²) in [5.74, 6) is -28.0. The van der Waals surface area contributed by atoms with Crippen molar-refractivity contribution in [1.29, 1.82) is 0 Å². The zero-order chi connectivity index (χ0) is 25.8. The minimum absolute atomic E-state index is 0.514. The molecule has 0 heterocycles. The Balaban J connectivity index is 2.24. The van der Waals surface area contributed by atoms with Crippen molar-refractivity contribution in [3.8, 4) is 23.0 Å². The second-order valence-electron chi connectivity index (χ2n) is 7.16. The van der Waals surface area contributed by atoms with Crippen molar-refractivity contribution in [3.05, 3.63) is 80.4 Å². The first-order valence-electron chi connectivity index (χ1n) is 9.21. The summed E-state index contributed by atoms with van der Waals surface area (Å²) in [6.07, 6.45) is 0. The molecule has 0 spiro atoms. The monoisotopic (exact) mass is 498 g/mol. The number of rotatable bonds is 4. The Morgan fingerprint density at radius 3 is 0.853 bits per heavy atom. The van der Waals surface area contributed by atoms with Crippen LogP contribution >= 0.6 is 0 Å². The summed E-state index contributed by atoms with van der Waals surface area (Å²) >= 11 is 0. The van der Waals surface area contributed by atoms with Gasteiger partial charge < -0.3 is 9.47 Å². The molecule has 3 aromatic carbocycles. The van der Waals surface area contributed by atoms with Gasteiger partial charge in [-0.3, -0.25) is 0 Å². The minimum Gasteiger partial charge on any atom is -0.445 e. The molecular weight excluding hydrogens is 486 g/mol. The van der Waals surface area contributed by atoms with Crippen molar-refractivity contribution in [3.63, 3.8) is 0 Å². The first kappa shape index (κ1) is 25.2. The highest BCUT2D eigenvalue weighted by atomic mass is 19.2. The van der Waals surface area contributed by atoms with E-state index in [1.54, 1.807) is 0 Å². The van der Waals surface area contributed by atoms with E-state index in [4.69, 9.17) is 0 Å². The summed E-state index contributed by atoms with van der Waals surface area (Å²) < 4.78 is 151. The van der Waals surface area contributed by atoms with Gasteiger partial charge in [-0.05, 0) is 49.9 Å². The highest BCUT2D eigenvalue weighted by Crippen LogP contribution is 2.43. The van der Waals surface area contributed by atoms with Gasteiger partial charge >= 0.3 is 0 Å². The van der Waals surface area contributed by atoms with Crippen LogP contribution in [0, 0.1) is 85.9 Å². The number of halogens is 10. The highest BCUT2D eigenvalue weighted by molar-refractivity contribution is 5.48. The molecule has 2 nitrogen and oxygen atoms in total. The van der Waals surface area contributed by atoms with Gasteiger partial charge in [0.15, 0.2) is 23.3 Å². The Bertz CT molecular complexity index is 1190. The van der Waals surface area contributed by atoms with Gasteiger partial charge in [0.05, 0.1) is 0 Å². The molecule has 34 heavy (non-hydrogen) atoms. The Labute approximate surface area is 185 Å². The summed E-state index contributed by atoms with van der Waals surface area (Å²) in [6, 6.07) is 0.